The first-order valence-electron chi connectivity index (χ1n) is 10.7. The third-order valence-electron chi connectivity index (χ3n) is 5.43. The summed E-state index contributed by atoms with van der Waals surface area (Å²) in [5.41, 5.74) is 1.27. The van der Waals surface area contributed by atoms with E-state index >= 15 is 0 Å². The fourth-order valence-corrected chi connectivity index (χ4v) is 3.83. The molecule has 3 aromatic rings. The number of carbonyl (C=O) groups excluding carboxylic acids is 1. The highest BCUT2D eigenvalue weighted by Gasteiger charge is 2.31. The van der Waals surface area contributed by atoms with Gasteiger partial charge in [-0.1, -0.05) is 0 Å². The van der Waals surface area contributed by atoms with E-state index in [9.17, 15) is 9.59 Å². The molecule has 1 N–H and O–H groups in total. The minimum Gasteiger partial charge on any atom is -0.494 e. The summed E-state index contributed by atoms with van der Waals surface area (Å²) in [6.45, 7) is 5.37. The Bertz CT molecular complexity index is 1110. The normalized spacial score (nSPS) is 16.6. The molecule has 0 radical (unpaired) electrons. The quantitative estimate of drug-likeness (QED) is 0.614. The highest BCUT2D eigenvalue weighted by atomic mass is 16.5. The number of likely N-dealkylation sites (tertiary alicyclic amines) is 1. The molecule has 8 heteroatoms. The molecule has 0 aliphatic carbocycles. The van der Waals surface area contributed by atoms with E-state index in [4.69, 9.17) is 9.47 Å². The van der Waals surface area contributed by atoms with Crippen molar-refractivity contribution in [1.82, 2.24) is 19.9 Å². The Morgan fingerprint density at radius 1 is 1.19 bits per heavy atom. The van der Waals surface area contributed by atoms with E-state index in [1.807, 2.05) is 19.1 Å². The van der Waals surface area contributed by atoms with Crippen LogP contribution in [0, 0.1) is 0 Å². The fraction of sp³-hybridized carbons (Fsp3) is 0.333. The lowest BCUT2D eigenvalue weighted by Gasteiger charge is -2.22. The van der Waals surface area contributed by atoms with E-state index < -0.39 is 6.10 Å². The number of aromatic nitrogens is 3. The molecule has 1 aliphatic heterocycles. The van der Waals surface area contributed by atoms with Crippen molar-refractivity contribution >= 4 is 5.91 Å². The van der Waals surface area contributed by atoms with E-state index in [2.05, 4.69) is 15.0 Å². The van der Waals surface area contributed by atoms with Crippen LogP contribution in [0.1, 0.15) is 31.9 Å². The first kappa shape index (κ1) is 21.5. The van der Waals surface area contributed by atoms with Crippen molar-refractivity contribution in [2.75, 3.05) is 19.7 Å². The molecule has 1 fully saturated rings. The van der Waals surface area contributed by atoms with Crippen molar-refractivity contribution < 1.29 is 14.3 Å². The van der Waals surface area contributed by atoms with Gasteiger partial charge in [-0.15, -0.1) is 0 Å². The average molecular weight is 434 g/mol. The van der Waals surface area contributed by atoms with Crippen LogP contribution in [-0.2, 0) is 4.79 Å². The number of amides is 1. The summed E-state index contributed by atoms with van der Waals surface area (Å²) in [5.74, 6) is 1.80. The topological polar surface area (TPSA) is 97.4 Å². The van der Waals surface area contributed by atoms with Crippen LogP contribution in [0.5, 0.6) is 11.5 Å². The van der Waals surface area contributed by atoms with Gasteiger partial charge in [0, 0.05) is 43.0 Å². The second-order valence-corrected chi connectivity index (χ2v) is 7.69. The van der Waals surface area contributed by atoms with Crippen molar-refractivity contribution in [3.8, 4) is 22.9 Å². The van der Waals surface area contributed by atoms with E-state index in [0.29, 0.717) is 37.0 Å². The molecule has 0 spiro atoms. The van der Waals surface area contributed by atoms with Crippen molar-refractivity contribution in [1.29, 1.82) is 0 Å². The maximum Gasteiger partial charge on any atom is 0.263 e. The Morgan fingerprint density at radius 3 is 2.62 bits per heavy atom. The smallest absolute Gasteiger partial charge is 0.263 e. The molecule has 0 saturated carbocycles. The van der Waals surface area contributed by atoms with Crippen LogP contribution in [0.15, 0.2) is 59.7 Å². The van der Waals surface area contributed by atoms with Crippen LogP contribution < -0.4 is 15.0 Å². The summed E-state index contributed by atoms with van der Waals surface area (Å²) in [4.78, 5) is 38.3. The zero-order chi connectivity index (χ0) is 22.5. The molecule has 1 saturated heterocycles. The molecule has 32 heavy (non-hydrogen) atoms. The third kappa shape index (κ3) is 4.96. The van der Waals surface area contributed by atoms with E-state index in [-0.39, 0.29) is 17.4 Å². The number of benzene rings is 1. The predicted molar refractivity (Wildman–Crippen MR) is 120 cm³/mol. The number of hydrogen-bond acceptors (Lipinski definition) is 6. The molecule has 0 unspecified atom stereocenters. The number of nitrogens with one attached hydrogen (secondary N) is 1. The minimum absolute atomic E-state index is 0.000451. The maximum absolute atomic E-state index is 12.9. The van der Waals surface area contributed by atoms with Crippen LogP contribution in [0.2, 0.25) is 0 Å². The van der Waals surface area contributed by atoms with Gasteiger partial charge < -0.3 is 19.4 Å². The SMILES string of the molecule is CCOc1ccc(O[C@H](C)C(=O)N2CC[C@@H](c3cc(=O)[nH]c(-c4ccncc4)n3)C2)cc1. The summed E-state index contributed by atoms with van der Waals surface area (Å²) >= 11 is 0. The molecular formula is C24H26N4O4. The van der Waals surface area contributed by atoms with Crippen LogP contribution in [-0.4, -0.2) is 51.6 Å². The Morgan fingerprint density at radius 2 is 1.91 bits per heavy atom. The summed E-state index contributed by atoms with van der Waals surface area (Å²) in [6, 6.07) is 12.3. The number of H-pyrrole nitrogens is 1. The van der Waals surface area contributed by atoms with Crippen molar-refractivity contribution in [2.24, 2.45) is 0 Å². The fourth-order valence-electron chi connectivity index (χ4n) is 3.83. The van der Waals surface area contributed by atoms with E-state index in [1.54, 1.807) is 48.5 Å². The Labute approximate surface area is 186 Å². The van der Waals surface area contributed by atoms with Crippen LogP contribution in [0.25, 0.3) is 11.4 Å². The molecule has 2 aromatic heterocycles. The zero-order valence-corrected chi connectivity index (χ0v) is 18.2. The van der Waals surface area contributed by atoms with Gasteiger partial charge in [-0.05, 0) is 56.7 Å². The Balaban J connectivity index is 1.41. The zero-order valence-electron chi connectivity index (χ0n) is 18.2. The Hall–Kier alpha value is -3.68. The lowest BCUT2D eigenvalue weighted by Crippen LogP contribution is -2.39. The highest BCUT2D eigenvalue weighted by molar-refractivity contribution is 5.81. The number of rotatable bonds is 7. The summed E-state index contributed by atoms with van der Waals surface area (Å²) in [5, 5.41) is 0. The molecule has 0 bridgehead atoms. The van der Waals surface area contributed by atoms with E-state index in [1.165, 1.54) is 6.07 Å². The van der Waals surface area contributed by atoms with Gasteiger partial charge in [0.05, 0.1) is 12.3 Å². The second kappa shape index (κ2) is 9.64. The van der Waals surface area contributed by atoms with Gasteiger partial charge >= 0.3 is 0 Å². The van der Waals surface area contributed by atoms with Crippen molar-refractivity contribution in [3.05, 3.63) is 70.9 Å². The molecule has 2 atom stereocenters. The number of pyridine rings is 1. The van der Waals surface area contributed by atoms with Crippen molar-refractivity contribution in [2.45, 2.75) is 32.3 Å². The number of carbonyl (C=O) groups is 1. The standard InChI is InChI=1S/C24H26N4O4/c1-3-31-19-4-6-20(7-5-19)32-16(2)24(30)28-13-10-18(15-28)21-14-22(29)27-23(26-21)17-8-11-25-12-9-17/h4-9,11-12,14,16,18H,3,10,13,15H2,1-2H3,(H,26,27,29)/t16-,18-/m1/s1. The first-order valence-corrected chi connectivity index (χ1v) is 10.7. The van der Waals surface area contributed by atoms with Gasteiger partial charge in [-0.2, -0.15) is 0 Å². The van der Waals surface area contributed by atoms with Crippen LogP contribution in [0.3, 0.4) is 0 Å². The number of hydrogen-bond donors (Lipinski definition) is 1. The van der Waals surface area contributed by atoms with Crippen molar-refractivity contribution in [3.63, 3.8) is 0 Å². The molecule has 1 aromatic carbocycles. The minimum atomic E-state index is -0.619. The number of aromatic amines is 1. The molecule has 166 valence electrons. The lowest BCUT2D eigenvalue weighted by molar-refractivity contribution is -0.136. The summed E-state index contributed by atoms with van der Waals surface area (Å²) in [7, 11) is 0. The van der Waals surface area contributed by atoms with Gasteiger partial charge in [-0.3, -0.25) is 14.6 Å². The highest BCUT2D eigenvalue weighted by Crippen LogP contribution is 2.27. The van der Waals surface area contributed by atoms with Crippen LogP contribution >= 0.6 is 0 Å². The van der Waals surface area contributed by atoms with Crippen LogP contribution in [0.4, 0.5) is 0 Å². The lowest BCUT2D eigenvalue weighted by atomic mass is 10.0. The second-order valence-electron chi connectivity index (χ2n) is 7.69. The van der Waals surface area contributed by atoms with Gasteiger partial charge in [-0.25, -0.2) is 4.98 Å². The van der Waals surface area contributed by atoms with Gasteiger partial charge in [0.1, 0.15) is 17.3 Å². The molecule has 3 heterocycles. The Kier molecular flexibility index (Phi) is 6.49. The number of nitrogens with zero attached hydrogens (tertiary/aromatic N) is 3. The largest absolute Gasteiger partial charge is 0.494 e. The number of ether oxygens (including phenoxy) is 2. The van der Waals surface area contributed by atoms with Gasteiger partial charge in [0.2, 0.25) is 0 Å². The molecule has 8 nitrogen and oxygen atoms in total. The summed E-state index contributed by atoms with van der Waals surface area (Å²) < 4.78 is 11.3. The van der Waals surface area contributed by atoms with Gasteiger partial charge in [0.15, 0.2) is 6.10 Å². The average Bonchev–Trinajstić information content (AvgIpc) is 3.30. The molecule has 4 rings (SSSR count). The molecule has 1 aliphatic rings. The predicted octanol–water partition coefficient (Wildman–Crippen LogP) is 3.01. The third-order valence-corrected chi connectivity index (χ3v) is 5.43. The van der Waals surface area contributed by atoms with Gasteiger partial charge in [0.25, 0.3) is 11.5 Å². The molecular weight excluding hydrogens is 408 g/mol. The summed E-state index contributed by atoms with van der Waals surface area (Å²) in [6.07, 6.45) is 3.44. The van der Waals surface area contributed by atoms with E-state index in [0.717, 1.165) is 17.7 Å². The maximum atomic E-state index is 12.9. The first-order chi connectivity index (χ1) is 15.5. The molecule has 1 amide bonds. The monoisotopic (exact) mass is 434 g/mol.